The summed E-state index contributed by atoms with van der Waals surface area (Å²) in [5, 5.41) is 16.9. The molecule has 0 saturated heterocycles. The summed E-state index contributed by atoms with van der Waals surface area (Å²) >= 11 is 0. The molecule has 0 aliphatic heterocycles. The first-order chi connectivity index (χ1) is 8.09. The maximum atomic E-state index is 10.5. The van der Waals surface area contributed by atoms with Gasteiger partial charge in [-0.05, 0) is 25.5 Å². The molecule has 0 amide bonds. The van der Waals surface area contributed by atoms with E-state index in [1.54, 1.807) is 0 Å². The Balaban J connectivity index is 2.70. The van der Waals surface area contributed by atoms with Gasteiger partial charge in [-0.2, -0.15) is 0 Å². The van der Waals surface area contributed by atoms with E-state index in [-0.39, 0.29) is 6.04 Å². The Hall–Kier alpha value is -1.06. The van der Waals surface area contributed by atoms with E-state index in [1.807, 2.05) is 30.3 Å². The maximum Gasteiger partial charge on any atom is 0.193 e. The van der Waals surface area contributed by atoms with Crippen LogP contribution >= 0.6 is 0 Å². The largest absolute Gasteiger partial charge is 0.359 e. The minimum absolute atomic E-state index is 0.280. The first kappa shape index (κ1) is 14.0. The first-order valence-corrected chi connectivity index (χ1v) is 6.43. The Labute approximate surface area is 104 Å². The topological polar surface area (TPSA) is 44.3 Å². The van der Waals surface area contributed by atoms with Gasteiger partial charge in [0.2, 0.25) is 0 Å². The second-order valence-electron chi connectivity index (χ2n) is 4.55. The molecule has 0 heterocycles. The van der Waals surface area contributed by atoms with Crippen LogP contribution in [-0.2, 0) is 0 Å². The van der Waals surface area contributed by atoms with Gasteiger partial charge in [0.15, 0.2) is 5.85 Å². The normalized spacial score (nSPS) is 16.2. The van der Waals surface area contributed by atoms with Gasteiger partial charge in [-0.15, -0.1) is 0 Å². The molecule has 3 N–H and O–H groups in total. The highest BCUT2D eigenvalue weighted by atomic mass is 16.3. The first-order valence-electron chi connectivity index (χ1n) is 6.43. The zero-order valence-electron chi connectivity index (χ0n) is 11.0. The van der Waals surface area contributed by atoms with E-state index in [1.165, 1.54) is 0 Å². The van der Waals surface area contributed by atoms with Gasteiger partial charge in [-0.25, -0.2) is 0 Å². The van der Waals surface area contributed by atoms with E-state index < -0.39 is 5.85 Å². The fourth-order valence-corrected chi connectivity index (χ4v) is 1.80. The van der Waals surface area contributed by atoms with E-state index in [0.717, 1.165) is 18.5 Å². The molecule has 0 fully saturated rings. The van der Waals surface area contributed by atoms with E-state index in [9.17, 15) is 5.11 Å². The summed E-state index contributed by atoms with van der Waals surface area (Å²) in [7, 11) is 0. The van der Waals surface area contributed by atoms with Gasteiger partial charge in [-0.3, -0.25) is 5.32 Å². The molecular formula is C14H24N2O. The molecule has 3 nitrogen and oxygen atoms in total. The highest BCUT2D eigenvalue weighted by Crippen LogP contribution is 2.16. The molecule has 0 aliphatic rings. The molecule has 2 unspecified atom stereocenters. The number of hydrogen-bond donors (Lipinski definition) is 3. The van der Waals surface area contributed by atoms with Gasteiger partial charge in [-0.1, -0.05) is 38.5 Å². The Morgan fingerprint density at radius 1 is 1.24 bits per heavy atom. The second kappa shape index (κ2) is 6.62. The SMILES string of the molecule is CCCC(O)(Nc1ccccc1)NC(C)CC. The van der Waals surface area contributed by atoms with Gasteiger partial charge in [0, 0.05) is 18.2 Å². The summed E-state index contributed by atoms with van der Waals surface area (Å²) < 4.78 is 0. The Morgan fingerprint density at radius 3 is 2.41 bits per heavy atom. The lowest BCUT2D eigenvalue weighted by atomic mass is 10.1. The van der Waals surface area contributed by atoms with Crippen molar-refractivity contribution < 1.29 is 5.11 Å². The lowest BCUT2D eigenvalue weighted by Gasteiger charge is -2.33. The predicted molar refractivity (Wildman–Crippen MR) is 72.8 cm³/mol. The molecule has 2 atom stereocenters. The van der Waals surface area contributed by atoms with Crippen LogP contribution in [0.4, 0.5) is 5.69 Å². The summed E-state index contributed by atoms with van der Waals surface area (Å²) in [5.41, 5.74) is 0.930. The van der Waals surface area contributed by atoms with Crippen molar-refractivity contribution in [3.63, 3.8) is 0 Å². The maximum absolute atomic E-state index is 10.5. The molecule has 1 rings (SSSR count). The minimum atomic E-state index is -1.02. The van der Waals surface area contributed by atoms with Crippen molar-refractivity contribution in [1.29, 1.82) is 0 Å². The van der Waals surface area contributed by atoms with Gasteiger partial charge >= 0.3 is 0 Å². The van der Waals surface area contributed by atoms with E-state index >= 15 is 0 Å². The number of anilines is 1. The molecule has 0 saturated carbocycles. The van der Waals surface area contributed by atoms with Gasteiger partial charge < -0.3 is 10.4 Å². The van der Waals surface area contributed by atoms with E-state index in [4.69, 9.17) is 0 Å². The van der Waals surface area contributed by atoms with Crippen molar-refractivity contribution in [1.82, 2.24) is 5.32 Å². The minimum Gasteiger partial charge on any atom is -0.359 e. The number of para-hydroxylation sites is 1. The summed E-state index contributed by atoms with van der Waals surface area (Å²) in [6.45, 7) is 6.25. The third-order valence-corrected chi connectivity index (χ3v) is 2.83. The Bertz CT molecular complexity index is 315. The smallest absolute Gasteiger partial charge is 0.193 e. The van der Waals surface area contributed by atoms with Crippen LogP contribution in [0.15, 0.2) is 30.3 Å². The summed E-state index contributed by atoms with van der Waals surface area (Å²) in [6, 6.07) is 10.1. The Morgan fingerprint density at radius 2 is 1.88 bits per heavy atom. The fourth-order valence-electron chi connectivity index (χ4n) is 1.80. The zero-order chi connectivity index (χ0) is 12.7. The molecule has 0 aromatic heterocycles. The summed E-state index contributed by atoms with van der Waals surface area (Å²) in [6.07, 6.45) is 2.58. The number of nitrogens with one attached hydrogen (secondary N) is 2. The monoisotopic (exact) mass is 236 g/mol. The molecule has 0 bridgehead atoms. The summed E-state index contributed by atoms with van der Waals surface area (Å²) in [5.74, 6) is -1.02. The van der Waals surface area contributed by atoms with Crippen molar-refractivity contribution in [2.45, 2.75) is 51.9 Å². The molecule has 0 aliphatic carbocycles. The quantitative estimate of drug-likeness (QED) is 0.638. The van der Waals surface area contributed by atoms with Crippen LogP contribution in [0.3, 0.4) is 0 Å². The van der Waals surface area contributed by atoms with Crippen molar-refractivity contribution in [2.75, 3.05) is 5.32 Å². The van der Waals surface area contributed by atoms with E-state index in [0.29, 0.717) is 6.42 Å². The number of hydrogen-bond acceptors (Lipinski definition) is 3. The third-order valence-electron chi connectivity index (χ3n) is 2.83. The average Bonchev–Trinajstić information content (AvgIpc) is 2.30. The molecule has 0 spiro atoms. The van der Waals surface area contributed by atoms with E-state index in [2.05, 4.69) is 31.4 Å². The molecule has 3 heteroatoms. The van der Waals surface area contributed by atoms with Gasteiger partial charge in [0.1, 0.15) is 0 Å². The third kappa shape index (κ3) is 4.75. The molecular weight excluding hydrogens is 212 g/mol. The number of aliphatic hydroxyl groups is 1. The van der Waals surface area contributed by atoms with Crippen LogP contribution in [0.25, 0.3) is 0 Å². The summed E-state index contributed by atoms with van der Waals surface area (Å²) in [4.78, 5) is 0. The molecule has 96 valence electrons. The van der Waals surface area contributed by atoms with Crippen LogP contribution in [0.5, 0.6) is 0 Å². The average molecular weight is 236 g/mol. The number of rotatable bonds is 7. The second-order valence-corrected chi connectivity index (χ2v) is 4.55. The van der Waals surface area contributed by atoms with Crippen molar-refractivity contribution in [2.24, 2.45) is 0 Å². The molecule has 1 aromatic carbocycles. The predicted octanol–water partition coefficient (Wildman–Crippen LogP) is 2.93. The number of benzene rings is 1. The van der Waals surface area contributed by atoms with Crippen molar-refractivity contribution >= 4 is 5.69 Å². The van der Waals surface area contributed by atoms with Crippen LogP contribution < -0.4 is 10.6 Å². The van der Waals surface area contributed by atoms with Crippen LogP contribution in [-0.4, -0.2) is 17.0 Å². The lowest BCUT2D eigenvalue weighted by Crippen LogP contribution is -2.55. The highest BCUT2D eigenvalue weighted by Gasteiger charge is 2.26. The van der Waals surface area contributed by atoms with Crippen LogP contribution in [0, 0.1) is 0 Å². The van der Waals surface area contributed by atoms with Crippen LogP contribution in [0.1, 0.15) is 40.0 Å². The van der Waals surface area contributed by atoms with Gasteiger partial charge in [0.25, 0.3) is 0 Å². The Kier molecular flexibility index (Phi) is 5.45. The molecule has 17 heavy (non-hydrogen) atoms. The van der Waals surface area contributed by atoms with Crippen LogP contribution in [0.2, 0.25) is 0 Å². The fraction of sp³-hybridized carbons (Fsp3) is 0.571. The highest BCUT2D eigenvalue weighted by molar-refractivity contribution is 5.44. The zero-order valence-corrected chi connectivity index (χ0v) is 11.0. The molecule has 0 radical (unpaired) electrons. The van der Waals surface area contributed by atoms with Crippen molar-refractivity contribution in [3.8, 4) is 0 Å². The standard InChI is InChI=1S/C14H24N2O/c1-4-11-14(17,15-12(3)5-2)16-13-9-7-6-8-10-13/h6-10,12,15-17H,4-5,11H2,1-3H3. The molecule has 1 aromatic rings. The van der Waals surface area contributed by atoms with Crippen molar-refractivity contribution in [3.05, 3.63) is 30.3 Å². The van der Waals surface area contributed by atoms with Gasteiger partial charge in [0.05, 0.1) is 0 Å². The lowest BCUT2D eigenvalue weighted by molar-refractivity contribution is 0.0143.